The van der Waals surface area contributed by atoms with Gasteiger partial charge in [0.25, 0.3) is 5.91 Å². The third kappa shape index (κ3) is 6.08. The van der Waals surface area contributed by atoms with E-state index in [-0.39, 0.29) is 30.7 Å². The fourth-order valence-electron chi connectivity index (χ4n) is 4.25. The summed E-state index contributed by atoms with van der Waals surface area (Å²) in [6.45, 7) is 12.7. The van der Waals surface area contributed by atoms with Gasteiger partial charge in [-0.25, -0.2) is 0 Å². The number of rotatable bonds is 5. The maximum absolute atomic E-state index is 12.9. The lowest BCUT2D eigenvalue weighted by atomic mass is 9.92. The lowest BCUT2D eigenvalue weighted by molar-refractivity contribution is 0.0758. The van der Waals surface area contributed by atoms with Crippen molar-refractivity contribution in [2.24, 2.45) is 11.8 Å². The Morgan fingerprint density at radius 2 is 1.67 bits per heavy atom. The molecule has 0 radical (unpaired) electrons. The molecule has 0 bridgehead atoms. The molecule has 27 heavy (non-hydrogen) atoms. The minimum Gasteiger partial charge on any atom is -0.339 e. The number of likely N-dealkylation sites (tertiary alicyclic amines) is 1. The van der Waals surface area contributed by atoms with Crippen molar-refractivity contribution in [2.75, 3.05) is 32.7 Å². The van der Waals surface area contributed by atoms with Crippen LogP contribution in [-0.2, 0) is 6.54 Å². The Kier molecular flexibility index (Phi) is 10.1. The van der Waals surface area contributed by atoms with E-state index in [1.807, 2.05) is 12.1 Å². The van der Waals surface area contributed by atoms with Gasteiger partial charge < -0.3 is 10.2 Å². The van der Waals surface area contributed by atoms with Gasteiger partial charge in [-0.3, -0.25) is 9.69 Å². The van der Waals surface area contributed by atoms with E-state index in [0.717, 1.165) is 69.5 Å². The zero-order valence-corrected chi connectivity index (χ0v) is 18.5. The highest BCUT2D eigenvalue weighted by Crippen LogP contribution is 2.27. The molecule has 2 heterocycles. The fraction of sp³-hybridized carbons (Fsp3) is 0.667. The lowest BCUT2D eigenvalue weighted by Gasteiger charge is -2.25. The Morgan fingerprint density at radius 3 is 2.15 bits per heavy atom. The molecule has 1 aromatic carbocycles. The number of hydrogen-bond acceptors (Lipinski definition) is 3. The smallest absolute Gasteiger partial charge is 0.253 e. The van der Waals surface area contributed by atoms with Gasteiger partial charge in [-0.05, 0) is 75.9 Å². The molecule has 3 rings (SSSR count). The molecule has 0 unspecified atom stereocenters. The molecule has 0 spiro atoms. The zero-order valence-electron chi connectivity index (χ0n) is 16.8. The molecule has 2 saturated heterocycles. The molecule has 1 N–H and O–H groups in total. The summed E-state index contributed by atoms with van der Waals surface area (Å²) in [6, 6.07) is 8.80. The number of nitrogens with one attached hydrogen (secondary N) is 1. The van der Waals surface area contributed by atoms with Gasteiger partial charge in [0.15, 0.2) is 0 Å². The number of carbonyl (C=O) groups excluding carboxylic acids is 1. The van der Waals surface area contributed by atoms with Crippen LogP contribution in [0.2, 0.25) is 0 Å². The molecular formula is C21H35Cl2N3O. The normalized spacial score (nSPS) is 22.0. The summed E-state index contributed by atoms with van der Waals surface area (Å²) in [5.74, 6) is 1.73. The predicted molar refractivity (Wildman–Crippen MR) is 117 cm³/mol. The molecule has 0 aromatic heterocycles. The summed E-state index contributed by atoms with van der Waals surface area (Å²) >= 11 is 0. The summed E-state index contributed by atoms with van der Waals surface area (Å²) in [4.78, 5) is 17.4. The molecule has 0 saturated carbocycles. The van der Waals surface area contributed by atoms with Crippen molar-refractivity contribution in [3.63, 3.8) is 0 Å². The molecule has 2 fully saturated rings. The number of carbonyl (C=O) groups is 1. The van der Waals surface area contributed by atoms with Gasteiger partial charge in [0.1, 0.15) is 0 Å². The van der Waals surface area contributed by atoms with E-state index in [1.54, 1.807) is 0 Å². The van der Waals surface area contributed by atoms with E-state index in [0.29, 0.717) is 6.04 Å². The molecule has 2 atom stereocenters. The fourth-order valence-corrected chi connectivity index (χ4v) is 4.25. The van der Waals surface area contributed by atoms with Crippen molar-refractivity contribution in [1.29, 1.82) is 0 Å². The molecule has 0 aliphatic carbocycles. The first-order chi connectivity index (χ1) is 12.1. The van der Waals surface area contributed by atoms with Gasteiger partial charge in [-0.1, -0.05) is 19.1 Å². The van der Waals surface area contributed by atoms with Gasteiger partial charge >= 0.3 is 0 Å². The third-order valence-electron chi connectivity index (χ3n) is 6.03. The van der Waals surface area contributed by atoms with Crippen LogP contribution in [0.15, 0.2) is 24.3 Å². The standard InChI is InChI=1S/C21H33N3O.2ClH/c1-4-23(16(2)3)15-17-5-7-18(8-6-17)21(25)24-11-9-19-13-22-14-20(19)10-12-24;;/h5-8,16,19-20,22H,4,9-15H2,1-3H3;2*1H/t19-,20+;;. The highest BCUT2D eigenvalue weighted by molar-refractivity contribution is 5.94. The molecule has 1 aromatic rings. The van der Waals surface area contributed by atoms with E-state index in [4.69, 9.17) is 0 Å². The van der Waals surface area contributed by atoms with Crippen LogP contribution >= 0.6 is 24.8 Å². The molecule has 1 amide bonds. The van der Waals surface area contributed by atoms with Crippen LogP contribution in [0.4, 0.5) is 0 Å². The molecule has 2 aliphatic heterocycles. The van der Waals surface area contributed by atoms with Crippen LogP contribution in [-0.4, -0.2) is 54.5 Å². The second-order valence-corrected chi connectivity index (χ2v) is 7.90. The summed E-state index contributed by atoms with van der Waals surface area (Å²) in [5, 5.41) is 3.49. The van der Waals surface area contributed by atoms with E-state index >= 15 is 0 Å². The van der Waals surface area contributed by atoms with Crippen LogP contribution in [0.1, 0.15) is 49.5 Å². The average molecular weight is 416 g/mol. The van der Waals surface area contributed by atoms with Gasteiger partial charge in [-0.15, -0.1) is 24.8 Å². The van der Waals surface area contributed by atoms with Crippen molar-refractivity contribution in [1.82, 2.24) is 15.1 Å². The van der Waals surface area contributed by atoms with Crippen molar-refractivity contribution in [2.45, 2.75) is 46.2 Å². The maximum Gasteiger partial charge on any atom is 0.253 e. The minimum absolute atomic E-state index is 0. The highest BCUT2D eigenvalue weighted by atomic mass is 35.5. The summed E-state index contributed by atoms with van der Waals surface area (Å²) in [5.41, 5.74) is 2.12. The Bertz CT molecular complexity index is 565. The van der Waals surface area contributed by atoms with Gasteiger partial charge in [0.2, 0.25) is 0 Å². The van der Waals surface area contributed by atoms with Crippen LogP contribution < -0.4 is 5.32 Å². The Hall–Kier alpha value is -0.810. The monoisotopic (exact) mass is 415 g/mol. The Balaban J connectivity index is 0.00000182. The summed E-state index contributed by atoms with van der Waals surface area (Å²) in [7, 11) is 0. The lowest BCUT2D eigenvalue weighted by Crippen LogP contribution is -2.33. The van der Waals surface area contributed by atoms with Crippen molar-refractivity contribution in [3.8, 4) is 0 Å². The van der Waals surface area contributed by atoms with Crippen LogP contribution in [0.5, 0.6) is 0 Å². The average Bonchev–Trinajstić information content (AvgIpc) is 2.98. The largest absolute Gasteiger partial charge is 0.339 e. The third-order valence-corrected chi connectivity index (χ3v) is 6.03. The summed E-state index contributed by atoms with van der Waals surface area (Å²) in [6.07, 6.45) is 2.28. The predicted octanol–water partition coefficient (Wildman–Crippen LogP) is 3.83. The topological polar surface area (TPSA) is 35.6 Å². The first-order valence-electron chi connectivity index (χ1n) is 9.91. The number of nitrogens with zero attached hydrogens (tertiary/aromatic N) is 2. The summed E-state index contributed by atoms with van der Waals surface area (Å²) < 4.78 is 0. The van der Waals surface area contributed by atoms with Crippen LogP contribution in [0.25, 0.3) is 0 Å². The minimum atomic E-state index is 0. The molecule has 2 aliphatic rings. The highest BCUT2D eigenvalue weighted by Gasteiger charge is 2.31. The first-order valence-corrected chi connectivity index (χ1v) is 9.91. The van der Waals surface area contributed by atoms with Crippen molar-refractivity contribution >= 4 is 30.7 Å². The molecule has 6 heteroatoms. The molecular weight excluding hydrogens is 381 g/mol. The van der Waals surface area contributed by atoms with Crippen LogP contribution in [0, 0.1) is 11.8 Å². The second kappa shape index (κ2) is 11.3. The van der Waals surface area contributed by atoms with Crippen LogP contribution in [0.3, 0.4) is 0 Å². The first kappa shape index (κ1) is 24.2. The van der Waals surface area contributed by atoms with Gasteiger partial charge in [-0.2, -0.15) is 0 Å². The van der Waals surface area contributed by atoms with E-state index in [1.165, 1.54) is 5.56 Å². The molecule has 154 valence electrons. The van der Waals surface area contributed by atoms with E-state index in [2.05, 4.69) is 48.0 Å². The number of benzene rings is 1. The SMILES string of the molecule is CCN(Cc1ccc(C(=O)N2CC[C@@H]3CNC[C@@H]3CC2)cc1)C(C)C.Cl.Cl. The van der Waals surface area contributed by atoms with E-state index < -0.39 is 0 Å². The van der Waals surface area contributed by atoms with E-state index in [9.17, 15) is 4.79 Å². The van der Waals surface area contributed by atoms with Gasteiger partial charge in [0, 0.05) is 31.2 Å². The zero-order chi connectivity index (χ0) is 17.8. The number of halogens is 2. The number of amides is 1. The molecule has 4 nitrogen and oxygen atoms in total. The Morgan fingerprint density at radius 1 is 1.11 bits per heavy atom. The number of hydrogen-bond donors (Lipinski definition) is 1. The maximum atomic E-state index is 12.9. The Labute approximate surface area is 176 Å². The second-order valence-electron chi connectivity index (χ2n) is 7.90. The van der Waals surface area contributed by atoms with Crippen molar-refractivity contribution < 1.29 is 4.79 Å². The number of fused-ring (bicyclic) bond motifs is 1. The quantitative estimate of drug-likeness (QED) is 0.793. The van der Waals surface area contributed by atoms with Crippen molar-refractivity contribution in [3.05, 3.63) is 35.4 Å². The van der Waals surface area contributed by atoms with Gasteiger partial charge in [0.05, 0.1) is 0 Å².